The van der Waals surface area contributed by atoms with Crippen molar-refractivity contribution in [3.05, 3.63) is 0 Å². The predicted molar refractivity (Wildman–Crippen MR) is 92.2 cm³/mol. The van der Waals surface area contributed by atoms with Crippen molar-refractivity contribution in [3.63, 3.8) is 0 Å². The summed E-state index contributed by atoms with van der Waals surface area (Å²) in [6, 6.07) is 0. The minimum Gasteiger partial charge on any atom is -0.399 e. The zero-order valence-electron chi connectivity index (χ0n) is 15.1. The molecule has 3 heteroatoms. The smallest absolute Gasteiger partial charge is 0.106 e. The zero-order chi connectivity index (χ0) is 16.2. The SMILES string of the molecule is CON=C1CCC2C3CC[C@H]4C[C@H](O)CC[C@]4(C)C3CC[C@]12C. The fraction of sp³-hybridized carbons (Fsp3) is 0.950. The van der Waals surface area contributed by atoms with E-state index in [9.17, 15) is 5.11 Å². The Morgan fingerprint density at radius 3 is 2.65 bits per heavy atom. The third-order valence-electron chi connectivity index (χ3n) is 8.58. The van der Waals surface area contributed by atoms with Crippen molar-refractivity contribution in [1.82, 2.24) is 0 Å². The first-order valence-corrected chi connectivity index (χ1v) is 9.77. The molecule has 4 saturated carbocycles. The van der Waals surface area contributed by atoms with Crippen LogP contribution in [0.1, 0.15) is 71.6 Å². The summed E-state index contributed by atoms with van der Waals surface area (Å²) < 4.78 is 0. The molecule has 23 heavy (non-hydrogen) atoms. The molecule has 3 unspecified atom stereocenters. The van der Waals surface area contributed by atoms with E-state index in [1.807, 2.05) is 0 Å². The Morgan fingerprint density at radius 1 is 1.04 bits per heavy atom. The van der Waals surface area contributed by atoms with E-state index in [1.54, 1.807) is 7.11 Å². The Bertz CT molecular complexity index is 504. The lowest BCUT2D eigenvalue weighted by Crippen LogP contribution is -2.54. The van der Waals surface area contributed by atoms with Crippen molar-refractivity contribution in [1.29, 1.82) is 0 Å². The van der Waals surface area contributed by atoms with Gasteiger partial charge in [-0.25, -0.2) is 0 Å². The maximum Gasteiger partial charge on any atom is 0.106 e. The van der Waals surface area contributed by atoms with Crippen LogP contribution in [0.15, 0.2) is 5.16 Å². The van der Waals surface area contributed by atoms with Crippen molar-refractivity contribution in [3.8, 4) is 0 Å². The van der Waals surface area contributed by atoms with E-state index >= 15 is 0 Å². The second-order valence-corrected chi connectivity index (χ2v) is 9.30. The average Bonchev–Trinajstić information content (AvgIpc) is 2.85. The molecule has 0 aromatic rings. The highest BCUT2D eigenvalue weighted by Crippen LogP contribution is 2.65. The Hall–Kier alpha value is -0.570. The first-order valence-electron chi connectivity index (χ1n) is 9.77. The molecule has 4 rings (SSSR count). The van der Waals surface area contributed by atoms with Crippen LogP contribution >= 0.6 is 0 Å². The first-order chi connectivity index (χ1) is 11.0. The van der Waals surface area contributed by atoms with Gasteiger partial charge in [0.05, 0.1) is 11.8 Å². The minimum absolute atomic E-state index is 0.0367. The molecule has 0 saturated heterocycles. The van der Waals surface area contributed by atoms with Gasteiger partial charge < -0.3 is 9.94 Å². The Kier molecular flexibility index (Phi) is 3.79. The van der Waals surface area contributed by atoms with Crippen molar-refractivity contribution >= 4 is 5.71 Å². The van der Waals surface area contributed by atoms with Gasteiger partial charge in [0, 0.05) is 5.41 Å². The fourth-order valence-electron chi connectivity index (χ4n) is 7.28. The van der Waals surface area contributed by atoms with Crippen LogP contribution in [0, 0.1) is 34.5 Å². The number of nitrogens with zero attached hydrogens (tertiary/aromatic N) is 1. The van der Waals surface area contributed by atoms with E-state index in [1.165, 1.54) is 44.2 Å². The molecule has 130 valence electrons. The molecule has 0 aromatic heterocycles. The average molecular weight is 319 g/mol. The number of aliphatic hydroxyl groups is 1. The molecule has 0 radical (unpaired) electrons. The van der Waals surface area contributed by atoms with Crippen LogP contribution in [-0.4, -0.2) is 24.0 Å². The quantitative estimate of drug-likeness (QED) is 0.728. The third-order valence-corrected chi connectivity index (χ3v) is 8.58. The van der Waals surface area contributed by atoms with E-state index in [4.69, 9.17) is 4.84 Å². The fourth-order valence-corrected chi connectivity index (χ4v) is 7.28. The summed E-state index contributed by atoms with van der Waals surface area (Å²) >= 11 is 0. The molecule has 0 bridgehead atoms. The molecular formula is C20H33NO2. The van der Waals surface area contributed by atoms with Crippen LogP contribution in [0.3, 0.4) is 0 Å². The lowest BCUT2D eigenvalue weighted by Gasteiger charge is -2.60. The lowest BCUT2D eigenvalue weighted by molar-refractivity contribution is -0.114. The summed E-state index contributed by atoms with van der Waals surface area (Å²) in [6.45, 7) is 5.01. The monoisotopic (exact) mass is 319 g/mol. The van der Waals surface area contributed by atoms with Gasteiger partial charge in [-0.1, -0.05) is 19.0 Å². The van der Waals surface area contributed by atoms with Crippen LogP contribution in [0.25, 0.3) is 0 Å². The van der Waals surface area contributed by atoms with Crippen LogP contribution in [0.2, 0.25) is 0 Å². The van der Waals surface area contributed by atoms with Gasteiger partial charge in [0.15, 0.2) is 0 Å². The number of aliphatic hydroxyl groups excluding tert-OH is 1. The zero-order valence-corrected chi connectivity index (χ0v) is 15.1. The Labute approximate surface area is 140 Å². The van der Waals surface area contributed by atoms with Gasteiger partial charge in [-0.3, -0.25) is 0 Å². The summed E-state index contributed by atoms with van der Waals surface area (Å²) in [7, 11) is 1.69. The van der Waals surface area contributed by atoms with Crippen LogP contribution in [0.4, 0.5) is 0 Å². The van der Waals surface area contributed by atoms with Gasteiger partial charge in [-0.15, -0.1) is 0 Å². The molecule has 0 aromatic carbocycles. The second-order valence-electron chi connectivity index (χ2n) is 9.30. The molecule has 4 aliphatic carbocycles. The topological polar surface area (TPSA) is 41.8 Å². The molecule has 0 heterocycles. The van der Waals surface area contributed by atoms with Gasteiger partial charge in [0.2, 0.25) is 0 Å². The van der Waals surface area contributed by atoms with E-state index in [0.29, 0.717) is 5.41 Å². The third kappa shape index (κ3) is 2.22. The van der Waals surface area contributed by atoms with E-state index in [2.05, 4.69) is 19.0 Å². The number of rotatable bonds is 1. The van der Waals surface area contributed by atoms with Crippen molar-refractivity contribution in [2.75, 3.05) is 7.11 Å². The minimum atomic E-state index is -0.0367. The van der Waals surface area contributed by atoms with Gasteiger partial charge in [0.25, 0.3) is 0 Å². The maximum absolute atomic E-state index is 10.1. The normalized spacial score (nSPS) is 54.3. The van der Waals surface area contributed by atoms with Crippen molar-refractivity contribution in [2.45, 2.75) is 77.7 Å². The maximum atomic E-state index is 10.1. The van der Waals surface area contributed by atoms with E-state index in [-0.39, 0.29) is 11.5 Å². The molecule has 4 aliphatic rings. The largest absolute Gasteiger partial charge is 0.399 e. The Morgan fingerprint density at radius 2 is 1.87 bits per heavy atom. The van der Waals surface area contributed by atoms with Crippen LogP contribution in [0.5, 0.6) is 0 Å². The lowest BCUT2D eigenvalue weighted by atomic mass is 9.45. The summed E-state index contributed by atoms with van der Waals surface area (Å²) in [5.41, 5.74) is 2.09. The standard InChI is InChI=1S/C20H33NO2/c1-19-10-8-14(22)12-13(19)4-5-15-16-6-7-18(21-23-3)20(16,2)11-9-17(15)19/h13-17,22H,4-12H2,1-3H3/t13-,14+,15?,16?,17?,19-,20-/m0/s1. The molecule has 1 N–H and O–H groups in total. The highest BCUT2D eigenvalue weighted by atomic mass is 16.6. The summed E-state index contributed by atoms with van der Waals surface area (Å²) in [5, 5.41) is 14.5. The highest BCUT2D eigenvalue weighted by Gasteiger charge is 2.59. The molecule has 0 aliphatic heterocycles. The van der Waals surface area contributed by atoms with E-state index in [0.717, 1.165) is 42.9 Å². The number of hydrogen-bond donors (Lipinski definition) is 1. The molecule has 4 fully saturated rings. The van der Waals surface area contributed by atoms with E-state index < -0.39 is 0 Å². The number of fused-ring (bicyclic) bond motifs is 5. The van der Waals surface area contributed by atoms with Gasteiger partial charge in [-0.2, -0.15) is 0 Å². The summed E-state index contributed by atoms with van der Waals surface area (Å²) in [6.07, 6.45) is 11.1. The van der Waals surface area contributed by atoms with Gasteiger partial charge in [-0.05, 0) is 86.9 Å². The Balaban J connectivity index is 1.62. The van der Waals surface area contributed by atoms with Crippen molar-refractivity contribution < 1.29 is 9.94 Å². The van der Waals surface area contributed by atoms with Crippen LogP contribution < -0.4 is 0 Å². The number of hydrogen-bond acceptors (Lipinski definition) is 3. The van der Waals surface area contributed by atoms with Crippen LogP contribution in [-0.2, 0) is 4.84 Å². The van der Waals surface area contributed by atoms with Gasteiger partial charge in [0.1, 0.15) is 7.11 Å². The molecule has 3 nitrogen and oxygen atoms in total. The molecule has 0 amide bonds. The molecular weight excluding hydrogens is 286 g/mol. The first kappa shape index (κ1) is 15.9. The second kappa shape index (κ2) is 5.47. The summed E-state index contributed by atoms with van der Waals surface area (Å²) in [5.74, 6) is 3.30. The molecule has 7 atom stereocenters. The molecule has 0 spiro atoms. The predicted octanol–water partition coefficient (Wildman–Crippen LogP) is 4.39. The highest BCUT2D eigenvalue weighted by molar-refractivity contribution is 5.92. The summed E-state index contributed by atoms with van der Waals surface area (Å²) in [4.78, 5) is 5.15. The number of oxime groups is 1. The van der Waals surface area contributed by atoms with Crippen molar-refractivity contribution in [2.24, 2.45) is 39.7 Å². The van der Waals surface area contributed by atoms with Gasteiger partial charge >= 0.3 is 0 Å².